The van der Waals surface area contributed by atoms with E-state index in [1.165, 1.54) is 19.4 Å². The van der Waals surface area contributed by atoms with Crippen molar-refractivity contribution < 1.29 is 9.52 Å². The Bertz CT molecular complexity index is 349. The second kappa shape index (κ2) is 5.65. The monoisotopic (exact) mass is 238 g/mol. The van der Waals surface area contributed by atoms with Crippen LogP contribution in [-0.4, -0.2) is 40.2 Å². The number of hydrogen-bond acceptors (Lipinski definition) is 4. The summed E-state index contributed by atoms with van der Waals surface area (Å²) in [5.74, 6) is 0.811. The molecule has 4 heteroatoms. The van der Waals surface area contributed by atoms with Crippen LogP contribution >= 0.6 is 0 Å². The molecule has 1 aliphatic heterocycles. The van der Waals surface area contributed by atoms with E-state index in [1.807, 2.05) is 0 Å². The molecule has 1 N–H and O–H groups in total. The minimum absolute atomic E-state index is 0.355. The van der Waals surface area contributed by atoms with Crippen molar-refractivity contribution in [1.82, 2.24) is 9.88 Å². The number of oxazole rings is 1. The highest BCUT2D eigenvalue weighted by Gasteiger charge is 2.24. The highest BCUT2D eigenvalue weighted by Crippen LogP contribution is 2.20. The maximum absolute atomic E-state index is 9.29. The highest BCUT2D eigenvalue weighted by atomic mass is 16.3. The Labute approximate surface area is 103 Å². The normalized spacial score (nSPS) is 23.1. The van der Waals surface area contributed by atoms with Gasteiger partial charge in [-0.05, 0) is 32.9 Å². The van der Waals surface area contributed by atoms with Crippen molar-refractivity contribution in [1.29, 1.82) is 0 Å². The number of aliphatic hydroxyl groups is 1. The van der Waals surface area contributed by atoms with Crippen LogP contribution in [0.3, 0.4) is 0 Å². The summed E-state index contributed by atoms with van der Waals surface area (Å²) in [6, 6.07) is 0.582. The first-order valence-electron chi connectivity index (χ1n) is 6.54. The first-order chi connectivity index (χ1) is 8.19. The smallest absolute Gasteiger partial charge is 0.195 e. The summed E-state index contributed by atoms with van der Waals surface area (Å²) >= 11 is 0. The fraction of sp³-hybridized carbons (Fsp3) is 0.769. The van der Waals surface area contributed by atoms with Crippen LogP contribution in [0, 0.1) is 0 Å². The molecule has 0 aliphatic carbocycles. The topological polar surface area (TPSA) is 49.5 Å². The van der Waals surface area contributed by atoms with E-state index >= 15 is 0 Å². The molecular formula is C13H22N2O2. The average Bonchev–Trinajstić information content (AvgIpc) is 2.87. The Morgan fingerprint density at radius 3 is 3.18 bits per heavy atom. The van der Waals surface area contributed by atoms with Gasteiger partial charge in [-0.1, -0.05) is 6.92 Å². The summed E-state index contributed by atoms with van der Waals surface area (Å²) in [6.45, 7) is 6.27. The van der Waals surface area contributed by atoms with Crippen LogP contribution in [0.15, 0.2) is 10.7 Å². The van der Waals surface area contributed by atoms with Gasteiger partial charge in [0.25, 0.3) is 0 Å². The highest BCUT2D eigenvalue weighted by molar-refractivity contribution is 5.00. The van der Waals surface area contributed by atoms with Gasteiger partial charge in [-0.15, -0.1) is 0 Å². The fourth-order valence-electron chi connectivity index (χ4n) is 2.58. The fourth-order valence-corrected chi connectivity index (χ4v) is 2.58. The van der Waals surface area contributed by atoms with Crippen molar-refractivity contribution in [2.75, 3.05) is 13.1 Å². The molecule has 2 atom stereocenters. The lowest BCUT2D eigenvalue weighted by molar-refractivity contribution is 0.194. The zero-order valence-electron chi connectivity index (χ0n) is 10.7. The number of aliphatic hydroxyl groups excluding tert-OH is 1. The van der Waals surface area contributed by atoms with Gasteiger partial charge < -0.3 is 14.4 Å². The second-order valence-electron chi connectivity index (χ2n) is 4.91. The van der Waals surface area contributed by atoms with E-state index in [2.05, 4.69) is 16.8 Å². The number of likely N-dealkylation sites (tertiary alicyclic amines) is 1. The van der Waals surface area contributed by atoms with E-state index in [0.29, 0.717) is 12.5 Å². The molecule has 1 saturated heterocycles. The molecule has 0 bridgehead atoms. The zero-order chi connectivity index (χ0) is 12.3. The number of nitrogens with zero attached hydrogens (tertiary/aromatic N) is 2. The van der Waals surface area contributed by atoms with Gasteiger partial charge in [-0.25, -0.2) is 4.98 Å². The van der Waals surface area contributed by atoms with E-state index in [-0.39, 0.29) is 6.10 Å². The van der Waals surface area contributed by atoms with Crippen LogP contribution in [0.4, 0.5) is 0 Å². The second-order valence-corrected chi connectivity index (χ2v) is 4.91. The minimum Gasteiger partial charge on any atom is -0.449 e. The van der Waals surface area contributed by atoms with Crippen LogP contribution in [0.25, 0.3) is 0 Å². The quantitative estimate of drug-likeness (QED) is 0.847. The molecular weight excluding hydrogens is 216 g/mol. The van der Waals surface area contributed by atoms with Gasteiger partial charge in [0.05, 0.1) is 11.8 Å². The number of likely N-dealkylation sites (N-methyl/N-ethyl adjacent to an activating group) is 1. The Morgan fingerprint density at radius 2 is 2.47 bits per heavy atom. The molecule has 17 heavy (non-hydrogen) atoms. The lowest BCUT2D eigenvalue weighted by Crippen LogP contribution is -2.30. The molecule has 1 fully saturated rings. The summed E-state index contributed by atoms with van der Waals surface area (Å²) in [5, 5.41) is 9.29. The Morgan fingerprint density at radius 1 is 1.65 bits per heavy atom. The van der Waals surface area contributed by atoms with Crippen LogP contribution < -0.4 is 0 Å². The molecule has 0 aromatic carbocycles. The van der Waals surface area contributed by atoms with E-state index in [9.17, 15) is 5.11 Å². The summed E-state index contributed by atoms with van der Waals surface area (Å²) in [5.41, 5.74) is 0.857. The van der Waals surface area contributed by atoms with Gasteiger partial charge in [-0.2, -0.15) is 0 Å². The molecule has 2 heterocycles. The molecule has 0 spiro atoms. The third-order valence-electron chi connectivity index (χ3n) is 3.42. The van der Waals surface area contributed by atoms with Gasteiger partial charge in [0.1, 0.15) is 6.26 Å². The van der Waals surface area contributed by atoms with E-state index < -0.39 is 0 Å². The summed E-state index contributed by atoms with van der Waals surface area (Å²) in [7, 11) is 0. The van der Waals surface area contributed by atoms with Gasteiger partial charge in [0, 0.05) is 18.9 Å². The van der Waals surface area contributed by atoms with Crippen molar-refractivity contribution in [2.24, 2.45) is 0 Å². The first kappa shape index (κ1) is 12.6. The van der Waals surface area contributed by atoms with Crippen molar-refractivity contribution in [3.8, 4) is 0 Å². The Kier molecular flexibility index (Phi) is 4.18. The Hall–Kier alpha value is -0.870. The van der Waals surface area contributed by atoms with Crippen molar-refractivity contribution in [2.45, 2.75) is 51.7 Å². The summed E-state index contributed by atoms with van der Waals surface area (Å²) in [4.78, 5) is 6.91. The van der Waals surface area contributed by atoms with E-state index in [1.54, 1.807) is 13.2 Å². The maximum atomic E-state index is 9.29. The van der Waals surface area contributed by atoms with Crippen LogP contribution in [0.2, 0.25) is 0 Å². The predicted molar refractivity (Wildman–Crippen MR) is 65.9 cm³/mol. The molecule has 0 radical (unpaired) electrons. The molecule has 2 rings (SSSR count). The van der Waals surface area contributed by atoms with E-state index in [4.69, 9.17) is 4.42 Å². The van der Waals surface area contributed by atoms with E-state index in [0.717, 1.165) is 24.6 Å². The lowest BCUT2D eigenvalue weighted by Gasteiger charge is -2.21. The molecule has 4 nitrogen and oxygen atoms in total. The minimum atomic E-state index is -0.355. The first-order valence-corrected chi connectivity index (χ1v) is 6.54. The van der Waals surface area contributed by atoms with Crippen molar-refractivity contribution >= 4 is 0 Å². The van der Waals surface area contributed by atoms with Crippen molar-refractivity contribution in [3.63, 3.8) is 0 Å². The number of hydrogen-bond donors (Lipinski definition) is 1. The molecule has 1 aromatic heterocycles. The Balaban J connectivity index is 1.92. The third kappa shape index (κ3) is 3.30. The van der Waals surface area contributed by atoms with Gasteiger partial charge in [-0.3, -0.25) is 0 Å². The molecule has 1 aromatic rings. The largest absolute Gasteiger partial charge is 0.449 e. The van der Waals surface area contributed by atoms with Gasteiger partial charge in [0.2, 0.25) is 0 Å². The number of rotatable bonds is 5. The zero-order valence-corrected chi connectivity index (χ0v) is 10.7. The summed E-state index contributed by atoms with van der Waals surface area (Å²) in [6.07, 6.45) is 5.31. The van der Waals surface area contributed by atoms with Gasteiger partial charge in [0.15, 0.2) is 5.89 Å². The lowest BCUT2D eigenvalue weighted by atomic mass is 10.1. The average molecular weight is 238 g/mol. The molecule has 2 unspecified atom stereocenters. The maximum Gasteiger partial charge on any atom is 0.195 e. The predicted octanol–water partition coefficient (Wildman–Crippen LogP) is 1.62. The number of aromatic nitrogens is 1. The SMILES string of the molecule is CCN1CCCC1Cc1nc(CC(C)O)co1. The standard InChI is InChI=1S/C13H22N2O2/c1-3-15-6-4-5-12(15)8-13-14-11(9-17-13)7-10(2)16/h9-10,12,16H,3-8H2,1-2H3. The van der Waals surface area contributed by atoms with Gasteiger partial charge >= 0.3 is 0 Å². The molecule has 96 valence electrons. The van der Waals surface area contributed by atoms with Crippen molar-refractivity contribution in [3.05, 3.63) is 17.8 Å². The molecule has 0 amide bonds. The van der Waals surface area contributed by atoms with Crippen LogP contribution in [-0.2, 0) is 12.8 Å². The van der Waals surface area contributed by atoms with Crippen LogP contribution in [0.5, 0.6) is 0 Å². The molecule has 1 aliphatic rings. The third-order valence-corrected chi connectivity index (χ3v) is 3.42. The molecule has 0 saturated carbocycles. The van der Waals surface area contributed by atoms with Crippen LogP contribution in [0.1, 0.15) is 38.3 Å². The summed E-state index contributed by atoms with van der Waals surface area (Å²) < 4.78 is 5.47.